The van der Waals surface area contributed by atoms with Gasteiger partial charge in [-0.05, 0) is 19.1 Å². The second-order valence-electron chi connectivity index (χ2n) is 3.77. The fourth-order valence-electron chi connectivity index (χ4n) is 1.35. The molecular weight excluding hydrogens is 222 g/mol. The van der Waals surface area contributed by atoms with Crippen LogP contribution in [0, 0.1) is 0 Å². The molecule has 0 aliphatic heterocycles. The summed E-state index contributed by atoms with van der Waals surface area (Å²) in [6, 6.07) is 4.71. The fraction of sp³-hybridized carbons (Fsp3) is 0.364. The van der Waals surface area contributed by atoms with E-state index in [0.717, 1.165) is 0 Å². The first-order chi connectivity index (χ1) is 7.99. The Kier molecular flexibility index (Phi) is 4.59. The molecule has 6 heteroatoms. The maximum absolute atomic E-state index is 10.7. The highest BCUT2D eigenvalue weighted by molar-refractivity contribution is 5.85. The number of carboxylic acids is 1. The average molecular weight is 237 g/mol. The number of primary amides is 1. The Morgan fingerprint density at radius 3 is 2.82 bits per heavy atom. The molecular formula is C11H15N3O3. The summed E-state index contributed by atoms with van der Waals surface area (Å²) < 4.78 is 0. The molecule has 0 saturated carbocycles. The number of hydrogen-bond acceptors (Lipinski definition) is 4. The minimum absolute atomic E-state index is 0.00635. The number of rotatable bonds is 6. The molecule has 17 heavy (non-hydrogen) atoms. The average Bonchev–Trinajstić information content (AvgIpc) is 2.26. The molecule has 0 saturated heterocycles. The van der Waals surface area contributed by atoms with Crippen molar-refractivity contribution in [3.05, 3.63) is 29.6 Å². The van der Waals surface area contributed by atoms with Crippen LogP contribution in [0.4, 0.5) is 0 Å². The van der Waals surface area contributed by atoms with E-state index in [-0.39, 0.29) is 24.1 Å². The Labute approximate surface area is 98.8 Å². The summed E-state index contributed by atoms with van der Waals surface area (Å²) >= 11 is 0. The van der Waals surface area contributed by atoms with Gasteiger partial charge in [0.25, 0.3) is 0 Å². The largest absolute Gasteiger partial charge is 0.477 e. The molecule has 6 nitrogen and oxygen atoms in total. The number of pyridine rings is 1. The van der Waals surface area contributed by atoms with E-state index < -0.39 is 5.97 Å². The summed E-state index contributed by atoms with van der Waals surface area (Å²) in [5.74, 6) is -1.44. The van der Waals surface area contributed by atoms with Crippen LogP contribution in [0.3, 0.4) is 0 Å². The van der Waals surface area contributed by atoms with Crippen molar-refractivity contribution >= 4 is 11.9 Å². The Balaban J connectivity index is 2.54. The smallest absolute Gasteiger partial charge is 0.354 e. The minimum atomic E-state index is -1.06. The number of nitrogens with two attached hydrogens (primary N) is 1. The number of carbonyl (C=O) groups is 2. The standard InChI is InChI=1S/C11H15N3O3/c1-7(5-10(12)15)13-6-8-3-2-4-9(14-8)11(16)17/h2-4,7,13H,5-6H2,1H3,(H2,12,15)(H,16,17). The molecule has 1 aromatic rings. The Morgan fingerprint density at radius 1 is 1.53 bits per heavy atom. The van der Waals surface area contributed by atoms with Crippen molar-refractivity contribution in [2.24, 2.45) is 5.73 Å². The Hall–Kier alpha value is -1.95. The first kappa shape index (κ1) is 13.1. The van der Waals surface area contributed by atoms with Crippen LogP contribution in [-0.4, -0.2) is 28.0 Å². The van der Waals surface area contributed by atoms with E-state index in [1.807, 2.05) is 6.92 Å². The third kappa shape index (κ3) is 4.60. The lowest BCUT2D eigenvalue weighted by Crippen LogP contribution is -2.30. The van der Waals surface area contributed by atoms with Gasteiger partial charge in [0, 0.05) is 19.0 Å². The number of amides is 1. The second kappa shape index (κ2) is 5.95. The second-order valence-corrected chi connectivity index (χ2v) is 3.77. The van der Waals surface area contributed by atoms with Crippen LogP contribution in [0.15, 0.2) is 18.2 Å². The summed E-state index contributed by atoms with van der Waals surface area (Å²) in [6.45, 7) is 2.22. The quantitative estimate of drug-likeness (QED) is 0.652. The van der Waals surface area contributed by atoms with Crippen LogP contribution >= 0.6 is 0 Å². The van der Waals surface area contributed by atoms with E-state index in [9.17, 15) is 9.59 Å². The number of carbonyl (C=O) groups excluding carboxylic acids is 1. The summed E-state index contributed by atoms with van der Waals surface area (Å²) in [6.07, 6.45) is 0.235. The summed E-state index contributed by atoms with van der Waals surface area (Å²) in [5, 5.41) is 11.8. The van der Waals surface area contributed by atoms with Gasteiger partial charge < -0.3 is 16.2 Å². The van der Waals surface area contributed by atoms with E-state index in [4.69, 9.17) is 10.8 Å². The van der Waals surface area contributed by atoms with Crippen LogP contribution in [-0.2, 0) is 11.3 Å². The van der Waals surface area contributed by atoms with Gasteiger partial charge in [-0.15, -0.1) is 0 Å². The fourth-order valence-corrected chi connectivity index (χ4v) is 1.35. The van der Waals surface area contributed by atoms with E-state index in [0.29, 0.717) is 12.2 Å². The molecule has 1 amide bonds. The molecule has 0 bridgehead atoms. The predicted molar refractivity (Wildman–Crippen MR) is 61.3 cm³/mol. The van der Waals surface area contributed by atoms with Crippen molar-refractivity contribution in [1.29, 1.82) is 0 Å². The molecule has 1 aromatic heterocycles. The highest BCUT2D eigenvalue weighted by atomic mass is 16.4. The molecule has 0 radical (unpaired) electrons. The SMILES string of the molecule is CC(CC(N)=O)NCc1cccc(C(=O)O)n1. The third-order valence-electron chi connectivity index (χ3n) is 2.16. The van der Waals surface area contributed by atoms with Gasteiger partial charge in [-0.2, -0.15) is 0 Å². The van der Waals surface area contributed by atoms with Gasteiger partial charge in [-0.3, -0.25) is 4.79 Å². The van der Waals surface area contributed by atoms with Gasteiger partial charge in [-0.1, -0.05) is 6.07 Å². The number of nitrogens with zero attached hydrogens (tertiary/aromatic N) is 1. The van der Waals surface area contributed by atoms with Gasteiger partial charge in [0.15, 0.2) is 0 Å². The molecule has 1 atom stereocenters. The lowest BCUT2D eigenvalue weighted by atomic mass is 10.2. The van der Waals surface area contributed by atoms with Crippen LogP contribution in [0.25, 0.3) is 0 Å². The van der Waals surface area contributed by atoms with Crippen molar-refractivity contribution in [3.63, 3.8) is 0 Å². The highest BCUT2D eigenvalue weighted by Crippen LogP contribution is 2.00. The molecule has 4 N–H and O–H groups in total. The number of carboxylic acid groups (broad SMARTS) is 1. The maximum Gasteiger partial charge on any atom is 0.354 e. The zero-order valence-corrected chi connectivity index (χ0v) is 9.51. The molecule has 0 aliphatic carbocycles. The first-order valence-corrected chi connectivity index (χ1v) is 5.20. The monoisotopic (exact) mass is 237 g/mol. The highest BCUT2D eigenvalue weighted by Gasteiger charge is 2.07. The van der Waals surface area contributed by atoms with E-state index >= 15 is 0 Å². The summed E-state index contributed by atoms with van der Waals surface area (Å²) in [4.78, 5) is 25.3. The predicted octanol–water partition coefficient (Wildman–Crippen LogP) is 0.133. The normalized spacial score (nSPS) is 12.1. The Morgan fingerprint density at radius 2 is 2.24 bits per heavy atom. The van der Waals surface area contributed by atoms with Crippen LogP contribution in [0.2, 0.25) is 0 Å². The molecule has 0 fully saturated rings. The van der Waals surface area contributed by atoms with Crippen LogP contribution < -0.4 is 11.1 Å². The van der Waals surface area contributed by atoms with Crippen molar-refractivity contribution in [3.8, 4) is 0 Å². The van der Waals surface area contributed by atoms with Crippen molar-refractivity contribution in [2.75, 3.05) is 0 Å². The molecule has 1 rings (SSSR count). The van der Waals surface area contributed by atoms with Crippen molar-refractivity contribution < 1.29 is 14.7 Å². The van der Waals surface area contributed by atoms with Gasteiger partial charge in [-0.25, -0.2) is 9.78 Å². The number of aromatic carboxylic acids is 1. The zero-order valence-electron chi connectivity index (χ0n) is 9.51. The van der Waals surface area contributed by atoms with Gasteiger partial charge in [0.1, 0.15) is 5.69 Å². The molecule has 92 valence electrons. The molecule has 0 spiro atoms. The lowest BCUT2D eigenvalue weighted by Gasteiger charge is -2.11. The molecule has 1 unspecified atom stereocenters. The summed E-state index contributed by atoms with van der Waals surface area (Å²) in [7, 11) is 0. The maximum atomic E-state index is 10.7. The summed E-state index contributed by atoms with van der Waals surface area (Å²) in [5.41, 5.74) is 5.67. The first-order valence-electron chi connectivity index (χ1n) is 5.20. The van der Waals surface area contributed by atoms with E-state index in [1.165, 1.54) is 6.07 Å². The number of hydrogen-bond donors (Lipinski definition) is 3. The van der Waals surface area contributed by atoms with Gasteiger partial charge in [0.05, 0.1) is 5.69 Å². The lowest BCUT2D eigenvalue weighted by molar-refractivity contribution is -0.118. The Bertz CT molecular complexity index is 420. The molecule has 0 aliphatic rings. The van der Waals surface area contributed by atoms with Crippen molar-refractivity contribution in [1.82, 2.24) is 10.3 Å². The van der Waals surface area contributed by atoms with E-state index in [2.05, 4.69) is 10.3 Å². The van der Waals surface area contributed by atoms with Crippen molar-refractivity contribution in [2.45, 2.75) is 25.9 Å². The van der Waals surface area contributed by atoms with Gasteiger partial charge >= 0.3 is 5.97 Å². The third-order valence-corrected chi connectivity index (χ3v) is 2.16. The van der Waals surface area contributed by atoms with Crippen LogP contribution in [0.5, 0.6) is 0 Å². The molecule has 0 aromatic carbocycles. The number of nitrogens with one attached hydrogen (secondary N) is 1. The van der Waals surface area contributed by atoms with Crippen LogP contribution in [0.1, 0.15) is 29.5 Å². The van der Waals surface area contributed by atoms with Gasteiger partial charge in [0.2, 0.25) is 5.91 Å². The van der Waals surface area contributed by atoms with E-state index in [1.54, 1.807) is 12.1 Å². The zero-order chi connectivity index (χ0) is 12.8. The topological polar surface area (TPSA) is 105 Å². The minimum Gasteiger partial charge on any atom is -0.477 e. The molecule has 1 heterocycles. The number of aromatic nitrogens is 1.